The highest BCUT2D eigenvalue weighted by atomic mass is 16.5. The van der Waals surface area contributed by atoms with E-state index in [0.717, 1.165) is 29.2 Å². The SMILES string of the molecule is CNC(COc1cccc2cccnc12)C1CC1. The molecule has 1 unspecified atom stereocenters. The summed E-state index contributed by atoms with van der Waals surface area (Å²) in [7, 11) is 2.01. The van der Waals surface area contributed by atoms with Crippen LogP contribution in [0, 0.1) is 5.92 Å². The third-order valence-corrected chi connectivity index (χ3v) is 3.58. The smallest absolute Gasteiger partial charge is 0.145 e. The summed E-state index contributed by atoms with van der Waals surface area (Å²) in [6.45, 7) is 0.719. The van der Waals surface area contributed by atoms with E-state index in [1.165, 1.54) is 12.8 Å². The summed E-state index contributed by atoms with van der Waals surface area (Å²) in [5.41, 5.74) is 0.950. The van der Waals surface area contributed by atoms with Crippen LogP contribution < -0.4 is 10.1 Å². The Morgan fingerprint density at radius 3 is 2.94 bits per heavy atom. The number of hydrogen-bond acceptors (Lipinski definition) is 3. The lowest BCUT2D eigenvalue weighted by Crippen LogP contribution is -2.33. The summed E-state index contributed by atoms with van der Waals surface area (Å²) >= 11 is 0. The summed E-state index contributed by atoms with van der Waals surface area (Å²) in [5, 5.41) is 4.46. The number of ether oxygens (including phenoxy) is 1. The van der Waals surface area contributed by atoms with Gasteiger partial charge in [0.1, 0.15) is 17.9 Å². The average molecular weight is 242 g/mol. The summed E-state index contributed by atoms with van der Waals surface area (Å²) < 4.78 is 5.95. The molecule has 0 spiro atoms. The Labute approximate surface area is 107 Å². The molecule has 18 heavy (non-hydrogen) atoms. The zero-order chi connectivity index (χ0) is 12.4. The lowest BCUT2D eigenvalue weighted by Gasteiger charge is -2.16. The standard InChI is InChI=1S/C15H18N2O/c1-16-13(11-7-8-11)10-18-14-6-2-4-12-5-3-9-17-15(12)14/h2-6,9,11,13,16H,7-8,10H2,1H3. The van der Waals surface area contributed by atoms with Gasteiger partial charge in [-0.15, -0.1) is 0 Å². The van der Waals surface area contributed by atoms with Crippen molar-refractivity contribution in [2.75, 3.05) is 13.7 Å². The molecule has 1 atom stereocenters. The van der Waals surface area contributed by atoms with Gasteiger partial charge in [-0.1, -0.05) is 18.2 Å². The van der Waals surface area contributed by atoms with Gasteiger partial charge >= 0.3 is 0 Å². The van der Waals surface area contributed by atoms with Gasteiger partial charge in [-0.2, -0.15) is 0 Å². The van der Waals surface area contributed by atoms with Gasteiger partial charge in [0.25, 0.3) is 0 Å². The quantitative estimate of drug-likeness (QED) is 0.875. The number of nitrogens with one attached hydrogen (secondary N) is 1. The molecule has 1 aromatic carbocycles. The Morgan fingerprint density at radius 1 is 1.33 bits per heavy atom. The van der Waals surface area contributed by atoms with Gasteiger partial charge in [0, 0.05) is 17.6 Å². The van der Waals surface area contributed by atoms with E-state index in [4.69, 9.17) is 4.74 Å². The fourth-order valence-corrected chi connectivity index (χ4v) is 2.33. The van der Waals surface area contributed by atoms with Gasteiger partial charge in [0.2, 0.25) is 0 Å². The first-order valence-corrected chi connectivity index (χ1v) is 6.52. The molecule has 3 nitrogen and oxygen atoms in total. The van der Waals surface area contributed by atoms with Crippen LogP contribution in [0.25, 0.3) is 10.9 Å². The molecule has 1 aromatic heterocycles. The largest absolute Gasteiger partial charge is 0.490 e. The number of likely N-dealkylation sites (N-methyl/N-ethyl adjacent to an activating group) is 1. The minimum Gasteiger partial charge on any atom is -0.490 e. The van der Waals surface area contributed by atoms with Crippen molar-refractivity contribution in [3.63, 3.8) is 0 Å². The summed E-state index contributed by atoms with van der Waals surface area (Å²) in [5.74, 6) is 1.67. The van der Waals surface area contributed by atoms with Crippen LogP contribution in [0.15, 0.2) is 36.5 Å². The van der Waals surface area contributed by atoms with Crippen molar-refractivity contribution in [3.05, 3.63) is 36.5 Å². The van der Waals surface area contributed by atoms with E-state index < -0.39 is 0 Å². The van der Waals surface area contributed by atoms with E-state index in [1.807, 2.05) is 31.4 Å². The number of benzene rings is 1. The maximum Gasteiger partial charge on any atom is 0.145 e. The van der Waals surface area contributed by atoms with Crippen LogP contribution in [0.5, 0.6) is 5.75 Å². The van der Waals surface area contributed by atoms with Crippen LogP contribution in [0.4, 0.5) is 0 Å². The van der Waals surface area contributed by atoms with Crippen LogP contribution in [0.1, 0.15) is 12.8 Å². The number of rotatable bonds is 5. The number of pyridine rings is 1. The van der Waals surface area contributed by atoms with E-state index in [2.05, 4.69) is 22.4 Å². The Bertz CT molecular complexity index is 532. The van der Waals surface area contributed by atoms with Gasteiger partial charge in [0.15, 0.2) is 0 Å². The Morgan fingerprint density at radius 2 is 2.17 bits per heavy atom. The number of aromatic nitrogens is 1. The van der Waals surface area contributed by atoms with E-state index in [9.17, 15) is 0 Å². The first kappa shape index (κ1) is 11.5. The maximum absolute atomic E-state index is 5.95. The molecule has 0 bridgehead atoms. The maximum atomic E-state index is 5.95. The molecule has 2 aromatic rings. The first-order valence-electron chi connectivity index (χ1n) is 6.52. The highest BCUT2D eigenvalue weighted by molar-refractivity contribution is 5.84. The first-order chi connectivity index (χ1) is 8.88. The third-order valence-electron chi connectivity index (χ3n) is 3.58. The van der Waals surface area contributed by atoms with Crippen molar-refractivity contribution >= 4 is 10.9 Å². The second kappa shape index (κ2) is 4.94. The van der Waals surface area contributed by atoms with Crippen molar-refractivity contribution in [1.29, 1.82) is 0 Å². The number of fused-ring (bicyclic) bond motifs is 1. The molecule has 1 fully saturated rings. The lowest BCUT2D eigenvalue weighted by atomic mass is 10.2. The van der Waals surface area contributed by atoms with Crippen molar-refractivity contribution in [2.24, 2.45) is 5.92 Å². The molecule has 3 rings (SSSR count). The lowest BCUT2D eigenvalue weighted by molar-refractivity contribution is 0.258. The molecule has 0 radical (unpaired) electrons. The van der Waals surface area contributed by atoms with Crippen molar-refractivity contribution in [1.82, 2.24) is 10.3 Å². The Hall–Kier alpha value is -1.61. The average Bonchev–Trinajstić information content (AvgIpc) is 3.24. The fourth-order valence-electron chi connectivity index (χ4n) is 2.33. The molecule has 1 heterocycles. The summed E-state index contributed by atoms with van der Waals surface area (Å²) in [6.07, 6.45) is 4.46. The highest BCUT2D eigenvalue weighted by Gasteiger charge is 2.30. The van der Waals surface area contributed by atoms with Gasteiger partial charge in [0.05, 0.1) is 0 Å². The predicted octanol–water partition coefficient (Wildman–Crippen LogP) is 2.61. The molecular formula is C15H18N2O. The van der Waals surface area contributed by atoms with E-state index in [-0.39, 0.29) is 0 Å². The topological polar surface area (TPSA) is 34.1 Å². The van der Waals surface area contributed by atoms with E-state index in [0.29, 0.717) is 6.04 Å². The zero-order valence-electron chi connectivity index (χ0n) is 10.6. The minimum atomic E-state index is 0.462. The molecular weight excluding hydrogens is 224 g/mol. The van der Waals surface area contributed by atoms with Gasteiger partial charge < -0.3 is 10.1 Å². The second-order valence-electron chi connectivity index (χ2n) is 4.87. The summed E-state index contributed by atoms with van der Waals surface area (Å²) in [4.78, 5) is 4.40. The molecule has 1 aliphatic carbocycles. The molecule has 1 N–H and O–H groups in total. The molecule has 0 aliphatic heterocycles. The number of nitrogens with zero attached hydrogens (tertiary/aromatic N) is 1. The third kappa shape index (κ3) is 2.31. The Balaban J connectivity index is 1.77. The van der Waals surface area contributed by atoms with E-state index >= 15 is 0 Å². The van der Waals surface area contributed by atoms with Crippen molar-refractivity contribution < 1.29 is 4.74 Å². The molecule has 0 amide bonds. The molecule has 94 valence electrons. The van der Waals surface area contributed by atoms with Crippen LogP contribution in [-0.4, -0.2) is 24.7 Å². The molecule has 3 heteroatoms. The fraction of sp³-hybridized carbons (Fsp3) is 0.400. The predicted molar refractivity (Wildman–Crippen MR) is 72.8 cm³/mol. The van der Waals surface area contributed by atoms with Crippen LogP contribution in [0.2, 0.25) is 0 Å². The van der Waals surface area contributed by atoms with Gasteiger partial charge in [-0.05, 0) is 37.9 Å². The number of hydrogen-bond donors (Lipinski definition) is 1. The molecule has 0 saturated heterocycles. The van der Waals surface area contributed by atoms with Crippen LogP contribution in [-0.2, 0) is 0 Å². The molecule has 1 aliphatic rings. The normalized spacial score (nSPS) is 16.7. The highest BCUT2D eigenvalue weighted by Crippen LogP contribution is 2.33. The van der Waals surface area contributed by atoms with Crippen molar-refractivity contribution in [3.8, 4) is 5.75 Å². The van der Waals surface area contributed by atoms with E-state index in [1.54, 1.807) is 0 Å². The monoisotopic (exact) mass is 242 g/mol. The van der Waals surface area contributed by atoms with Gasteiger partial charge in [-0.25, -0.2) is 0 Å². The van der Waals surface area contributed by atoms with Crippen LogP contribution >= 0.6 is 0 Å². The zero-order valence-corrected chi connectivity index (χ0v) is 10.6. The Kier molecular flexibility index (Phi) is 3.15. The van der Waals surface area contributed by atoms with Gasteiger partial charge in [-0.3, -0.25) is 4.98 Å². The molecule has 1 saturated carbocycles. The minimum absolute atomic E-state index is 0.462. The summed E-state index contributed by atoms with van der Waals surface area (Å²) in [6, 6.07) is 10.5. The second-order valence-corrected chi connectivity index (χ2v) is 4.87. The number of para-hydroxylation sites is 1. The van der Waals surface area contributed by atoms with Crippen LogP contribution in [0.3, 0.4) is 0 Å². The van der Waals surface area contributed by atoms with Crippen molar-refractivity contribution in [2.45, 2.75) is 18.9 Å².